The van der Waals surface area contributed by atoms with Crippen molar-refractivity contribution in [2.45, 2.75) is 13.8 Å². The van der Waals surface area contributed by atoms with Gasteiger partial charge in [0.1, 0.15) is 0 Å². The minimum absolute atomic E-state index is 0. The molecule has 0 rings (SSSR count). The van der Waals surface area contributed by atoms with Crippen molar-refractivity contribution >= 4 is 23.1 Å². The van der Waals surface area contributed by atoms with E-state index in [1.165, 1.54) is 0 Å². The smallest absolute Gasteiger partial charge is 0.346 e. The molecule has 1 heteroatoms. The third kappa shape index (κ3) is 64.5. The third-order valence-electron chi connectivity index (χ3n) is 0.236. The number of hydrogen-bond donors (Lipinski definition) is 0. The van der Waals surface area contributed by atoms with Crippen LogP contribution in [0.2, 0.25) is 0 Å². The molecule has 38 valence electrons. The molecule has 0 aliphatic heterocycles. The van der Waals surface area contributed by atoms with E-state index in [-0.39, 0.29) is 23.1 Å². The van der Waals surface area contributed by atoms with E-state index in [0.717, 1.165) is 0 Å². The maximum Gasteiger partial charge on any atom is 2.00 e. The molecule has 0 unspecified atom stereocenters. The number of hydrogen-bond acceptors (Lipinski definition) is 0. The number of allylic oxidation sites excluding steroid dienone is 2. The van der Waals surface area contributed by atoms with Crippen LogP contribution in [0.25, 0.3) is 0 Å². The Morgan fingerprint density at radius 1 is 1.29 bits per heavy atom. The number of rotatable bonds is 0. The van der Waals surface area contributed by atoms with Gasteiger partial charge in [0.15, 0.2) is 0 Å². The molecule has 0 saturated carbocycles. The van der Waals surface area contributed by atoms with E-state index in [0.29, 0.717) is 0 Å². The van der Waals surface area contributed by atoms with E-state index >= 15 is 0 Å². The molecule has 0 amide bonds. The van der Waals surface area contributed by atoms with Crippen molar-refractivity contribution in [1.29, 1.82) is 0 Å². The fraction of sp³-hybridized carbons (Fsp3) is 0.333. The summed E-state index contributed by atoms with van der Waals surface area (Å²) in [5.41, 5.74) is 0. The summed E-state index contributed by atoms with van der Waals surface area (Å²) in [7, 11) is 0. The fourth-order valence-electron chi connectivity index (χ4n) is 0. The summed E-state index contributed by atoms with van der Waals surface area (Å²) in [6.45, 7) is 10.4. The molecule has 0 N–H and O–H groups in total. The van der Waals surface area contributed by atoms with Gasteiger partial charge in [-0.25, -0.2) is 19.1 Å². The zero-order valence-corrected chi connectivity index (χ0v) is 6.69. The van der Waals surface area contributed by atoms with E-state index in [4.69, 9.17) is 0 Å². The van der Waals surface area contributed by atoms with Crippen LogP contribution in [-0.4, -0.2) is 23.1 Å². The molecule has 0 heterocycles. The molecule has 0 aliphatic rings. The van der Waals surface area contributed by atoms with Gasteiger partial charge in [0, 0.05) is 0 Å². The first-order chi connectivity index (χ1) is 2.91. The predicted molar refractivity (Wildman–Crippen MR) is 37.0 cm³/mol. The van der Waals surface area contributed by atoms with Gasteiger partial charge in [0.2, 0.25) is 0 Å². The van der Waals surface area contributed by atoms with Gasteiger partial charge in [-0.3, -0.25) is 0 Å². The van der Waals surface area contributed by atoms with Crippen LogP contribution in [0.4, 0.5) is 0 Å². The third-order valence-corrected chi connectivity index (χ3v) is 0.236. The van der Waals surface area contributed by atoms with E-state index in [2.05, 4.69) is 13.8 Å². The summed E-state index contributed by atoms with van der Waals surface area (Å²) in [6, 6.07) is 0. The van der Waals surface area contributed by atoms with Crippen LogP contribution in [0.1, 0.15) is 13.8 Å². The van der Waals surface area contributed by atoms with Crippen LogP contribution in [0.3, 0.4) is 0 Å². The Bertz CT molecular complexity index is 19.4. The summed E-state index contributed by atoms with van der Waals surface area (Å²) in [5.74, 6) is 0. The van der Waals surface area contributed by atoms with Crippen molar-refractivity contribution in [2.75, 3.05) is 0 Å². The Hall–Kier alpha value is 0.376. The average molecular weight is 108 g/mol. The van der Waals surface area contributed by atoms with Crippen LogP contribution in [0.15, 0.2) is 12.2 Å². The van der Waals surface area contributed by atoms with Crippen molar-refractivity contribution in [2.24, 2.45) is 0 Å². The molecular weight excluding hydrogens is 96.4 g/mol. The molecule has 0 saturated heterocycles. The topological polar surface area (TPSA) is 0 Å². The van der Waals surface area contributed by atoms with Gasteiger partial charge in [0.05, 0.1) is 0 Å². The fourth-order valence-corrected chi connectivity index (χ4v) is 0. The Kier molecular flexibility index (Phi) is 73.0. The molecule has 0 aromatic heterocycles. The van der Waals surface area contributed by atoms with Crippen LogP contribution >= 0.6 is 0 Å². The SMILES string of the molecule is [CH2-]/C=C/C.[CH2-]C.[Mg+2]. The Morgan fingerprint density at radius 2 is 1.43 bits per heavy atom. The van der Waals surface area contributed by atoms with Crippen LogP contribution < -0.4 is 0 Å². The molecule has 0 atom stereocenters. The van der Waals surface area contributed by atoms with Crippen molar-refractivity contribution in [3.63, 3.8) is 0 Å². The molecule has 0 radical (unpaired) electrons. The van der Waals surface area contributed by atoms with Crippen molar-refractivity contribution in [1.82, 2.24) is 0 Å². The molecule has 7 heavy (non-hydrogen) atoms. The zero-order valence-electron chi connectivity index (χ0n) is 5.28. The zero-order chi connectivity index (χ0) is 5.41. The van der Waals surface area contributed by atoms with Gasteiger partial charge in [-0.15, -0.1) is 6.92 Å². The summed E-state index contributed by atoms with van der Waals surface area (Å²) in [6.07, 6.45) is 3.64. The molecule has 0 nitrogen and oxygen atoms in total. The molecular formula is C6H12Mg. The molecule has 0 aliphatic carbocycles. The van der Waals surface area contributed by atoms with Crippen molar-refractivity contribution in [3.05, 3.63) is 26.0 Å². The van der Waals surface area contributed by atoms with E-state index < -0.39 is 0 Å². The maximum absolute atomic E-state index is 3.42. The summed E-state index contributed by atoms with van der Waals surface area (Å²) in [4.78, 5) is 0. The van der Waals surface area contributed by atoms with Gasteiger partial charge in [-0.1, -0.05) is 0 Å². The standard InChI is InChI=1S/C4H7.C2H5.Mg/c1-3-4-2;1-2;/h3-4H,1H2,2H3;1H2,2H3;/q2*-1;+2/b4-3+;;. The summed E-state index contributed by atoms with van der Waals surface area (Å²) < 4.78 is 0. The monoisotopic (exact) mass is 108 g/mol. The summed E-state index contributed by atoms with van der Waals surface area (Å²) >= 11 is 0. The largest absolute Gasteiger partial charge is 2.00 e. The quantitative estimate of drug-likeness (QED) is 0.328. The normalized spacial score (nSPS) is 6.14. The van der Waals surface area contributed by atoms with Gasteiger partial charge in [0.25, 0.3) is 0 Å². The van der Waals surface area contributed by atoms with Crippen LogP contribution in [0.5, 0.6) is 0 Å². The Balaban J connectivity index is -0.0000000480. The predicted octanol–water partition coefficient (Wildman–Crippen LogP) is 1.86. The van der Waals surface area contributed by atoms with E-state index in [1.807, 2.05) is 13.0 Å². The maximum atomic E-state index is 3.42. The van der Waals surface area contributed by atoms with E-state index in [9.17, 15) is 0 Å². The van der Waals surface area contributed by atoms with Gasteiger partial charge in [-0.2, -0.15) is 6.92 Å². The van der Waals surface area contributed by atoms with Crippen LogP contribution in [0, 0.1) is 13.8 Å². The van der Waals surface area contributed by atoms with Crippen molar-refractivity contribution in [3.8, 4) is 0 Å². The molecule has 0 aromatic rings. The summed E-state index contributed by atoms with van der Waals surface area (Å²) in [5, 5.41) is 0. The molecule has 0 aromatic carbocycles. The Labute approximate surface area is 63.2 Å². The minimum atomic E-state index is 0. The van der Waals surface area contributed by atoms with Gasteiger partial charge in [-0.05, 0) is 0 Å². The molecule has 0 bridgehead atoms. The average Bonchev–Trinajstić information content (AvgIpc) is 1.72. The first-order valence-corrected chi connectivity index (χ1v) is 2.03. The first-order valence-electron chi connectivity index (χ1n) is 2.03. The molecule has 0 fully saturated rings. The van der Waals surface area contributed by atoms with Gasteiger partial charge >= 0.3 is 23.1 Å². The van der Waals surface area contributed by atoms with Gasteiger partial charge < -0.3 is 6.92 Å². The second-order valence-electron chi connectivity index (χ2n) is 0.569. The van der Waals surface area contributed by atoms with E-state index in [1.54, 1.807) is 13.0 Å². The van der Waals surface area contributed by atoms with Crippen LogP contribution in [-0.2, 0) is 0 Å². The second kappa shape index (κ2) is 32.6. The minimum Gasteiger partial charge on any atom is -0.346 e. The second-order valence-corrected chi connectivity index (χ2v) is 0.569. The Morgan fingerprint density at radius 3 is 1.43 bits per heavy atom. The first kappa shape index (κ1) is 15.7. The van der Waals surface area contributed by atoms with Crippen molar-refractivity contribution < 1.29 is 0 Å². The molecule has 0 spiro atoms.